The highest BCUT2D eigenvalue weighted by Crippen LogP contribution is 2.21. The molecule has 0 spiro atoms. The molecule has 5 heteroatoms. The van der Waals surface area contributed by atoms with Crippen molar-refractivity contribution in [3.8, 4) is 0 Å². The first-order valence-electron chi connectivity index (χ1n) is 9.50. The molecule has 2 heterocycles. The summed E-state index contributed by atoms with van der Waals surface area (Å²) in [6.07, 6.45) is 2.34. The maximum Gasteiger partial charge on any atom is 0.267 e. The van der Waals surface area contributed by atoms with Crippen LogP contribution in [0.5, 0.6) is 0 Å². The molecule has 1 atom stereocenters. The van der Waals surface area contributed by atoms with Crippen LogP contribution in [0.4, 0.5) is 0 Å². The second-order valence-corrected chi connectivity index (χ2v) is 7.79. The molecule has 1 saturated heterocycles. The van der Waals surface area contributed by atoms with Crippen molar-refractivity contribution < 1.29 is 4.79 Å². The number of carbonyl (C=O) groups is 1. The van der Waals surface area contributed by atoms with Gasteiger partial charge in [-0.15, -0.1) is 0 Å². The first-order chi connectivity index (χ1) is 13.2. The Morgan fingerprint density at radius 1 is 1.19 bits per heavy atom. The van der Waals surface area contributed by atoms with Gasteiger partial charge in [-0.1, -0.05) is 41.9 Å². The van der Waals surface area contributed by atoms with Gasteiger partial charge in [-0.05, 0) is 55.1 Å². The van der Waals surface area contributed by atoms with Crippen LogP contribution in [0.1, 0.15) is 28.9 Å². The van der Waals surface area contributed by atoms with Crippen molar-refractivity contribution in [3.63, 3.8) is 0 Å². The van der Waals surface area contributed by atoms with Crippen LogP contribution in [0.25, 0.3) is 10.9 Å². The molecule has 1 amide bonds. The Bertz CT molecular complexity index is 922. The zero-order valence-corrected chi connectivity index (χ0v) is 16.0. The van der Waals surface area contributed by atoms with Crippen molar-refractivity contribution in [2.75, 3.05) is 19.6 Å². The van der Waals surface area contributed by atoms with Gasteiger partial charge >= 0.3 is 0 Å². The van der Waals surface area contributed by atoms with Gasteiger partial charge in [-0.2, -0.15) is 0 Å². The van der Waals surface area contributed by atoms with E-state index in [1.807, 2.05) is 24.3 Å². The lowest BCUT2D eigenvalue weighted by atomic mass is 9.97. The van der Waals surface area contributed by atoms with Crippen LogP contribution < -0.4 is 5.32 Å². The molecular formula is C22H24ClN3O. The van der Waals surface area contributed by atoms with E-state index in [0.29, 0.717) is 23.2 Å². The molecule has 4 nitrogen and oxygen atoms in total. The molecule has 0 aliphatic carbocycles. The maximum absolute atomic E-state index is 12.5. The van der Waals surface area contributed by atoms with Crippen molar-refractivity contribution in [1.29, 1.82) is 0 Å². The number of nitrogens with one attached hydrogen (secondary N) is 2. The van der Waals surface area contributed by atoms with Crippen LogP contribution in [0.3, 0.4) is 0 Å². The van der Waals surface area contributed by atoms with Gasteiger partial charge in [-0.25, -0.2) is 0 Å². The molecule has 1 aromatic heterocycles. The van der Waals surface area contributed by atoms with Gasteiger partial charge in [0.2, 0.25) is 0 Å². The minimum Gasteiger partial charge on any atom is -0.351 e. The summed E-state index contributed by atoms with van der Waals surface area (Å²) >= 11 is 6.02. The third-order valence-corrected chi connectivity index (χ3v) is 5.47. The van der Waals surface area contributed by atoms with E-state index in [-0.39, 0.29) is 5.91 Å². The van der Waals surface area contributed by atoms with Gasteiger partial charge in [0.15, 0.2) is 0 Å². The lowest BCUT2D eigenvalue weighted by molar-refractivity contribution is 0.0926. The van der Waals surface area contributed by atoms with E-state index in [9.17, 15) is 4.79 Å². The molecule has 0 radical (unpaired) electrons. The maximum atomic E-state index is 12.5. The monoisotopic (exact) mass is 381 g/mol. The van der Waals surface area contributed by atoms with Crippen LogP contribution in [0.15, 0.2) is 54.6 Å². The lowest BCUT2D eigenvalue weighted by Gasteiger charge is -2.32. The number of carbonyl (C=O) groups excluding carboxylic acids is 1. The number of hydrogen-bond acceptors (Lipinski definition) is 2. The second kappa shape index (κ2) is 8.15. The Morgan fingerprint density at radius 2 is 2.04 bits per heavy atom. The molecule has 2 aromatic carbocycles. The number of likely N-dealkylation sites (tertiary alicyclic amines) is 1. The van der Waals surface area contributed by atoms with E-state index >= 15 is 0 Å². The lowest BCUT2D eigenvalue weighted by Crippen LogP contribution is -2.40. The fourth-order valence-electron chi connectivity index (χ4n) is 3.86. The number of nitrogens with zero attached hydrogens (tertiary/aromatic N) is 1. The van der Waals surface area contributed by atoms with Crippen LogP contribution >= 0.6 is 11.6 Å². The predicted molar refractivity (Wildman–Crippen MR) is 110 cm³/mol. The minimum absolute atomic E-state index is 0.0532. The first kappa shape index (κ1) is 18.1. The van der Waals surface area contributed by atoms with Crippen molar-refractivity contribution in [1.82, 2.24) is 15.2 Å². The summed E-state index contributed by atoms with van der Waals surface area (Å²) in [5.74, 6) is 0.438. The fourth-order valence-corrected chi connectivity index (χ4v) is 4.04. The molecule has 4 rings (SSSR count). The number of aromatic nitrogens is 1. The first-order valence-corrected chi connectivity index (χ1v) is 9.88. The summed E-state index contributed by atoms with van der Waals surface area (Å²) < 4.78 is 0. The van der Waals surface area contributed by atoms with E-state index in [4.69, 9.17) is 11.6 Å². The number of halogens is 1. The molecule has 27 heavy (non-hydrogen) atoms. The predicted octanol–water partition coefficient (Wildman–Crippen LogP) is 4.46. The molecule has 140 valence electrons. The topological polar surface area (TPSA) is 48.1 Å². The van der Waals surface area contributed by atoms with Crippen molar-refractivity contribution in [3.05, 3.63) is 70.9 Å². The summed E-state index contributed by atoms with van der Waals surface area (Å²) in [4.78, 5) is 18.2. The number of aromatic amines is 1. The van der Waals surface area contributed by atoms with Crippen molar-refractivity contribution in [2.45, 2.75) is 19.4 Å². The zero-order valence-electron chi connectivity index (χ0n) is 15.2. The highest BCUT2D eigenvalue weighted by molar-refractivity contribution is 6.31. The average molecular weight is 382 g/mol. The number of amides is 1. The van der Waals surface area contributed by atoms with Crippen LogP contribution in [-0.2, 0) is 6.54 Å². The summed E-state index contributed by atoms with van der Waals surface area (Å²) in [6.45, 7) is 3.84. The molecule has 1 aliphatic heterocycles. The van der Waals surface area contributed by atoms with Gasteiger partial charge < -0.3 is 10.3 Å². The van der Waals surface area contributed by atoms with Gasteiger partial charge in [0.05, 0.1) is 0 Å². The SMILES string of the molecule is O=C(NCC1CCCN(Cc2ccccc2)C1)c1cc2cc(Cl)ccc2[nH]1. The largest absolute Gasteiger partial charge is 0.351 e. The number of hydrogen-bond donors (Lipinski definition) is 2. The Kier molecular flexibility index (Phi) is 5.46. The molecule has 3 aromatic rings. The summed E-state index contributed by atoms with van der Waals surface area (Å²) in [7, 11) is 0. The second-order valence-electron chi connectivity index (χ2n) is 7.35. The molecule has 1 aliphatic rings. The highest BCUT2D eigenvalue weighted by atomic mass is 35.5. The van der Waals surface area contributed by atoms with Crippen LogP contribution in [-0.4, -0.2) is 35.4 Å². The number of benzene rings is 2. The van der Waals surface area contributed by atoms with E-state index in [1.165, 1.54) is 12.0 Å². The van der Waals surface area contributed by atoms with E-state index in [2.05, 4.69) is 45.5 Å². The fraction of sp³-hybridized carbons (Fsp3) is 0.318. The molecular weight excluding hydrogens is 358 g/mol. The third kappa shape index (κ3) is 4.52. The minimum atomic E-state index is -0.0532. The normalized spacial score (nSPS) is 17.9. The smallest absolute Gasteiger partial charge is 0.267 e. The summed E-state index contributed by atoms with van der Waals surface area (Å²) in [6, 6.07) is 18.0. The number of fused-ring (bicyclic) bond motifs is 1. The van der Waals surface area contributed by atoms with Gasteiger partial charge in [-0.3, -0.25) is 9.69 Å². The molecule has 1 unspecified atom stereocenters. The van der Waals surface area contributed by atoms with Gasteiger partial charge in [0.25, 0.3) is 5.91 Å². The zero-order chi connectivity index (χ0) is 18.6. The Morgan fingerprint density at radius 3 is 2.89 bits per heavy atom. The Hall–Kier alpha value is -2.30. The summed E-state index contributed by atoms with van der Waals surface area (Å²) in [5.41, 5.74) is 2.86. The Balaban J connectivity index is 1.32. The molecule has 0 saturated carbocycles. The van der Waals surface area contributed by atoms with Crippen molar-refractivity contribution in [2.24, 2.45) is 5.92 Å². The van der Waals surface area contributed by atoms with Gasteiger partial charge in [0.1, 0.15) is 5.69 Å². The van der Waals surface area contributed by atoms with E-state index in [0.717, 1.165) is 37.0 Å². The van der Waals surface area contributed by atoms with Crippen molar-refractivity contribution >= 4 is 28.4 Å². The molecule has 2 N–H and O–H groups in total. The number of piperidine rings is 1. The standard InChI is InChI=1S/C22H24ClN3O/c23-19-8-9-20-18(11-19)12-21(25-20)22(27)24-13-17-7-4-10-26(15-17)14-16-5-2-1-3-6-16/h1-3,5-6,8-9,11-12,17,25H,4,7,10,13-15H2,(H,24,27). The quantitative estimate of drug-likeness (QED) is 0.685. The van der Waals surface area contributed by atoms with E-state index in [1.54, 1.807) is 0 Å². The van der Waals surface area contributed by atoms with Crippen LogP contribution in [0.2, 0.25) is 5.02 Å². The summed E-state index contributed by atoms with van der Waals surface area (Å²) in [5, 5.41) is 4.73. The number of rotatable bonds is 5. The molecule has 0 bridgehead atoms. The number of H-pyrrole nitrogens is 1. The molecule has 1 fully saturated rings. The van der Waals surface area contributed by atoms with Crippen LogP contribution in [0, 0.1) is 5.92 Å². The van der Waals surface area contributed by atoms with Gasteiger partial charge in [0, 0.05) is 35.6 Å². The van der Waals surface area contributed by atoms with E-state index < -0.39 is 0 Å². The average Bonchev–Trinajstić information content (AvgIpc) is 3.10. The highest BCUT2D eigenvalue weighted by Gasteiger charge is 2.21. The third-order valence-electron chi connectivity index (χ3n) is 5.23. The Labute approximate surface area is 164 Å².